The smallest absolute Gasteiger partial charge is 0.250 e. The molecule has 0 aliphatic rings. The Morgan fingerprint density at radius 1 is 0.909 bits per heavy atom. The first-order valence-electron chi connectivity index (χ1n) is 7.37. The van der Waals surface area contributed by atoms with Gasteiger partial charge in [0.1, 0.15) is 5.69 Å². The van der Waals surface area contributed by atoms with Gasteiger partial charge in [0.2, 0.25) is 5.43 Å². The van der Waals surface area contributed by atoms with Crippen LogP contribution in [0.25, 0.3) is 11.1 Å². The van der Waals surface area contributed by atoms with Gasteiger partial charge in [-0.05, 0) is 30.5 Å². The van der Waals surface area contributed by atoms with E-state index in [9.17, 15) is 9.59 Å². The van der Waals surface area contributed by atoms with Gasteiger partial charge in [-0.15, -0.1) is 0 Å². The van der Waals surface area contributed by atoms with E-state index in [0.717, 1.165) is 28.8 Å². The summed E-state index contributed by atoms with van der Waals surface area (Å²) in [6, 6.07) is 15.5. The van der Waals surface area contributed by atoms with Gasteiger partial charge in [0.25, 0.3) is 5.43 Å². The fourth-order valence-electron chi connectivity index (χ4n) is 2.59. The van der Waals surface area contributed by atoms with Crippen molar-refractivity contribution in [3.05, 3.63) is 80.1 Å². The first-order valence-corrected chi connectivity index (χ1v) is 7.37. The summed E-state index contributed by atoms with van der Waals surface area (Å²) in [7, 11) is 0. The van der Waals surface area contributed by atoms with E-state index in [2.05, 4.69) is 12.2 Å². The number of rotatable bonds is 4. The van der Waals surface area contributed by atoms with Crippen LogP contribution in [0.4, 0.5) is 11.4 Å². The van der Waals surface area contributed by atoms with E-state index >= 15 is 0 Å². The Labute approximate surface area is 128 Å². The SMILES string of the molecule is CCc1ccccc1Nc1c(-c2ccc(C)cc2)c(=O)c1=O. The van der Waals surface area contributed by atoms with Crippen molar-refractivity contribution in [2.24, 2.45) is 0 Å². The van der Waals surface area contributed by atoms with Crippen LogP contribution in [0.3, 0.4) is 0 Å². The predicted molar refractivity (Wildman–Crippen MR) is 90.6 cm³/mol. The van der Waals surface area contributed by atoms with Gasteiger partial charge in [-0.2, -0.15) is 0 Å². The van der Waals surface area contributed by atoms with Crippen LogP contribution in [-0.4, -0.2) is 0 Å². The quantitative estimate of drug-likeness (QED) is 0.748. The molecule has 0 saturated heterocycles. The summed E-state index contributed by atoms with van der Waals surface area (Å²) in [5.74, 6) is 0. The van der Waals surface area contributed by atoms with Crippen LogP contribution in [0.15, 0.2) is 58.1 Å². The molecule has 0 bridgehead atoms. The molecule has 0 spiro atoms. The van der Waals surface area contributed by atoms with Crippen molar-refractivity contribution in [3.63, 3.8) is 0 Å². The highest BCUT2D eigenvalue weighted by molar-refractivity contribution is 5.85. The van der Waals surface area contributed by atoms with E-state index in [4.69, 9.17) is 0 Å². The Morgan fingerprint density at radius 3 is 2.27 bits per heavy atom. The average Bonchev–Trinajstić information content (AvgIpc) is 2.56. The normalized spacial score (nSPS) is 10.8. The van der Waals surface area contributed by atoms with Crippen molar-refractivity contribution >= 4 is 11.4 Å². The first-order chi connectivity index (χ1) is 10.6. The van der Waals surface area contributed by atoms with Crippen LogP contribution >= 0.6 is 0 Å². The lowest BCUT2D eigenvalue weighted by atomic mass is 9.97. The Hall–Kier alpha value is -2.68. The number of aryl methyl sites for hydroxylation is 2. The van der Waals surface area contributed by atoms with Crippen molar-refractivity contribution in [1.29, 1.82) is 0 Å². The van der Waals surface area contributed by atoms with E-state index in [1.54, 1.807) is 0 Å². The zero-order valence-corrected chi connectivity index (χ0v) is 12.6. The fourth-order valence-corrected chi connectivity index (χ4v) is 2.59. The molecule has 110 valence electrons. The minimum Gasteiger partial charge on any atom is -0.351 e. The molecule has 3 aromatic rings. The lowest BCUT2D eigenvalue weighted by Crippen LogP contribution is -2.35. The molecule has 0 amide bonds. The van der Waals surface area contributed by atoms with Crippen molar-refractivity contribution in [1.82, 2.24) is 0 Å². The number of benzene rings is 2. The molecule has 0 aliphatic carbocycles. The van der Waals surface area contributed by atoms with Crippen LogP contribution in [0.2, 0.25) is 0 Å². The molecule has 0 radical (unpaired) electrons. The highest BCUT2D eigenvalue weighted by Crippen LogP contribution is 2.28. The fraction of sp³-hybridized carbons (Fsp3) is 0.158. The van der Waals surface area contributed by atoms with Crippen molar-refractivity contribution in [2.75, 3.05) is 5.32 Å². The van der Waals surface area contributed by atoms with Gasteiger partial charge in [-0.25, -0.2) is 0 Å². The minimum atomic E-state index is -0.443. The van der Waals surface area contributed by atoms with Crippen molar-refractivity contribution < 1.29 is 0 Å². The molecule has 3 nitrogen and oxygen atoms in total. The van der Waals surface area contributed by atoms with Gasteiger partial charge in [0, 0.05) is 5.69 Å². The molecular weight excluding hydrogens is 274 g/mol. The van der Waals surface area contributed by atoms with Crippen LogP contribution < -0.4 is 16.2 Å². The summed E-state index contributed by atoms with van der Waals surface area (Å²) in [5, 5.41) is 3.15. The monoisotopic (exact) mass is 291 g/mol. The molecule has 1 N–H and O–H groups in total. The highest BCUT2D eigenvalue weighted by Gasteiger charge is 2.22. The number of hydrogen-bond donors (Lipinski definition) is 1. The summed E-state index contributed by atoms with van der Waals surface area (Å²) in [6.45, 7) is 4.05. The third kappa shape index (κ3) is 2.35. The number of anilines is 2. The zero-order chi connectivity index (χ0) is 15.7. The van der Waals surface area contributed by atoms with Crippen LogP contribution in [-0.2, 0) is 6.42 Å². The summed E-state index contributed by atoms with van der Waals surface area (Å²) in [4.78, 5) is 23.9. The molecular formula is C19H17NO2. The standard InChI is InChI=1S/C19H17NO2/c1-3-13-6-4-5-7-15(13)20-17-16(18(21)19(17)22)14-10-8-12(2)9-11-14/h4-11,20H,3H2,1-2H3. The molecule has 0 heterocycles. The summed E-state index contributed by atoms with van der Waals surface area (Å²) < 4.78 is 0. The maximum atomic E-state index is 12.0. The molecule has 3 aromatic carbocycles. The molecule has 0 fully saturated rings. The van der Waals surface area contributed by atoms with Gasteiger partial charge in [0.05, 0.1) is 5.56 Å². The third-order valence-corrected chi connectivity index (χ3v) is 3.91. The van der Waals surface area contributed by atoms with Crippen LogP contribution in [0.5, 0.6) is 0 Å². The summed E-state index contributed by atoms with van der Waals surface area (Å²) >= 11 is 0. The molecule has 3 heteroatoms. The number of hydrogen-bond acceptors (Lipinski definition) is 3. The highest BCUT2D eigenvalue weighted by atomic mass is 16.2. The Morgan fingerprint density at radius 2 is 1.59 bits per heavy atom. The maximum absolute atomic E-state index is 12.0. The van der Waals surface area contributed by atoms with Gasteiger partial charge in [-0.3, -0.25) is 9.59 Å². The molecule has 22 heavy (non-hydrogen) atoms. The molecule has 0 aliphatic heterocycles. The Balaban J connectivity index is 2.03. The molecule has 0 saturated carbocycles. The van der Waals surface area contributed by atoms with E-state index in [1.165, 1.54) is 0 Å². The predicted octanol–water partition coefficient (Wildman–Crippen LogP) is 3.56. The van der Waals surface area contributed by atoms with E-state index in [-0.39, 0.29) is 0 Å². The second-order valence-corrected chi connectivity index (χ2v) is 5.41. The van der Waals surface area contributed by atoms with Crippen molar-refractivity contribution in [3.8, 4) is 11.1 Å². The topological polar surface area (TPSA) is 46.2 Å². The molecule has 0 unspecified atom stereocenters. The van der Waals surface area contributed by atoms with Gasteiger partial charge < -0.3 is 5.32 Å². The second kappa shape index (κ2) is 5.60. The Bertz CT molecular complexity index is 885. The molecule has 0 atom stereocenters. The molecule has 3 rings (SSSR count). The van der Waals surface area contributed by atoms with Gasteiger partial charge in [0.15, 0.2) is 0 Å². The van der Waals surface area contributed by atoms with E-state index < -0.39 is 10.9 Å². The number of nitrogens with one attached hydrogen (secondary N) is 1. The molecule has 0 aromatic heterocycles. The Kier molecular flexibility index (Phi) is 3.63. The lowest BCUT2D eigenvalue weighted by molar-refractivity contribution is 1.14. The zero-order valence-electron chi connectivity index (χ0n) is 12.6. The van der Waals surface area contributed by atoms with E-state index in [1.807, 2.05) is 55.5 Å². The van der Waals surface area contributed by atoms with Crippen LogP contribution in [0.1, 0.15) is 18.1 Å². The minimum absolute atomic E-state index is 0.398. The van der Waals surface area contributed by atoms with Gasteiger partial charge in [-0.1, -0.05) is 55.0 Å². The van der Waals surface area contributed by atoms with Crippen LogP contribution in [0, 0.1) is 6.92 Å². The summed E-state index contributed by atoms with van der Waals surface area (Å²) in [5.41, 5.74) is 3.92. The number of para-hydroxylation sites is 1. The third-order valence-electron chi connectivity index (χ3n) is 3.91. The second-order valence-electron chi connectivity index (χ2n) is 5.41. The van der Waals surface area contributed by atoms with Crippen molar-refractivity contribution in [2.45, 2.75) is 20.3 Å². The largest absolute Gasteiger partial charge is 0.351 e. The lowest BCUT2D eigenvalue weighted by Gasteiger charge is -2.15. The first kappa shape index (κ1) is 14.3. The average molecular weight is 291 g/mol. The maximum Gasteiger partial charge on any atom is 0.250 e. The van der Waals surface area contributed by atoms with Gasteiger partial charge >= 0.3 is 0 Å². The summed E-state index contributed by atoms with van der Waals surface area (Å²) in [6.07, 6.45) is 0.860. The van der Waals surface area contributed by atoms with E-state index in [0.29, 0.717) is 11.3 Å².